The predicted molar refractivity (Wildman–Crippen MR) is 243 cm³/mol. The summed E-state index contributed by atoms with van der Waals surface area (Å²) in [6.45, 7) is 0. The standard InChI is InChI=1S/C55H39N3O/c1-4-14-36(15-5-1)40-28-32-44-45-33-29-41(37-16-6-2-7-17-37)35-51(45)58(50(44)34-40)49-24-12-21-46-53-43(20-13-25-52(53)59-54(46)49)38-26-30-42(31-27-38)57-48-23-11-10-22-47(48)56-55(57)39-18-8-3-9-19-39/h1-26,28-30,32-35,52-53H,27,31H2. The average molecular weight is 758 g/mol. The second kappa shape index (κ2) is 13.6. The molecule has 59 heavy (non-hydrogen) atoms. The Balaban J connectivity index is 0.981. The highest BCUT2D eigenvalue weighted by molar-refractivity contribution is 6.11. The van der Waals surface area contributed by atoms with Gasteiger partial charge in [-0.1, -0.05) is 158 Å². The molecule has 280 valence electrons. The normalized spacial score (nSPS) is 17.1. The number of aromatic nitrogens is 3. The Morgan fingerprint density at radius 2 is 1.15 bits per heavy atom. The zero-order valence-electron chi connectivity index (χ0n) is 32.4. The van der Waals surface area contributed by atoms with Gasteiger partial charge in [0.2, 0.25) is 0 Å². The first-order chi connectivity index (χ1) is 29.3. The number of fused-ring (bicyclic) bond motifs is 7. The van der Waals surface area contributed by atoms with Gasteiger partial charge >= 0.3 is 0 Å². The summed E-state index contributed by atoms with van der Waals surface area (Å²) in [5.41, 5.74) is 16.6. The molecule has 12 rings (SSSR count). The van der Waals surface area contributed by atoms with Crippen molar-refractivity contribution in [2.75, 3.05) is 0 Å². The molecule has 0 saturated carbocycles. The average Bonchev–Trinajstić information content (AvgIpc) is 3.99. The summed E-state index contributed by atoms with van der Waals surface area (Å²) in [4.78, 5) is 5.11. The summed E-state index contributed by atoms with van der Waals surface area (Å²) in [5.74, 6) is 2.04. The molecule has 1 aliphatic heterocycles. The van der Waals surface area contributed by atoms with Crippen molar-refractivity contribution < 1.29 is 4.74 Å². The molecule has 2 aromatic heterocycles. The molecule has 0 saturated heterocycles. The largest absolute Gasteiger partial charge is 0.483 e. The second-order valence-electron chi connectivity index (χ2n) is 15.8. The molecule has 4 nitrogen and oxygen atoms in total. The van der Waals surface area contributed by atoms with Crippen LogP contribution in [0.2, 0.25) is 0 Å². The lowest BCUT2D eigenvalue weighted by Crippen LogP contribution is -2.21. The van der Waals surface area contributed by atoms with Gasteiger partial charge in [-0.15, -0.1) is 0 Å². The van der Waals surface area contributed by atoms with Crippen LogP contribution < -0.4 is 4.74 Å². The van der Waals surface area contributed by atoms with E-state index in [0.717, 1.165) is 46.7 Å². The molecule has 3 heterocycles. The maximum absolute atomic E-state index is 7.10. The third kappa shape index (κ3) is 5.48. The van der Waals surface area contributed by atoms with Crippen LogP contribution in [0.4, 0.5) is 0 Å². The van der Waals surface area contributed by atoms with Gasteiger partial charge in [-0.3, -0.25) is 4.57 Å². The highest BCUT2D eigenvalue weighted by Crippen LogP contribution is 2.51. The number of allylic oxidation sites excluding steroid dienone is 6. The third-order valence-electron chi connectivity index (χ3n) is 12.5. The van der Waals surface area contributed by atoms with Crippen molar-refractivity contribution in [2.24, 2.45) is 0 Å². The van der Waals surface area contributed by atoms with Crippen LogP contribution in [0, 0.1) is 0 Å². The molecule has 9 aromatic rings. The Kier molecular flexibility index (Phi) is 7.77. The summed E-state index contributed by atoms with van der Waals surface area (Å²) in [7, 11) is 0. The van der Waals surface area contributed by atoms with Gasteiger partial charge in [-0.05, 0) is 88.7 Å². The fourth-order valence-electron chi connectivity index (χ4n) is 9.70. The molecule has 0 bridgehead atoms. The Labute approximate surface area is 343 Å². The van der Waals surface area contributed by atoms with Gasteiger partial charge in [0.25, 0.3) is 0 Å². The van der Waals surface area contributed by atoms with E-state index in [1.807, 2.05) is 0 Å². The van der Waals surface area contributed by atoms with Crippen molar-refractivity contribution in [3.63, 3.8) is 0 Å². The van der Waals surface area contributed by atoms with E-state index >= 15 is 0 Å². The number of benzene rings is 7. The number of hydrogen-bond donors (Lipinski definition) is 0. The molecule has 2 atom stereocenters. The molecule has 0 spiro atoms. The van der Waals surface area contributed by atoms with Crippen LogP contribution in [0.1, 0.15) is 24.3 Å². The van der Waals surface area contributed by atoms with Gasteiger partial charge < -0.3 is 9.30 Å². The van der Waals surface area contributed by atoms with Gasteiger partial charge in [-0.25, -0.2) is 4.98 Å². The fourth-order valence-corrected chi connectivity index (χ4v) is 9.70. The smallest absolute Gasteiger partial charge is 0.148 e. The van der Waals surface area contributed by atoms with Crippen molar-refractivity contribution in [1.82, 2.24) is 14.1 Å². The van der Waals surface area contributed by atoms with Crippen LogP contribution >= 0.6 is 0 Å². The van der Waals surface area contributed by atoms with E-state index in [1.54, 1.807) is 0 Å². The molecule has 2 unspecified atom stereocenters. The number of ether oxygens (including phenoxy) is 1. The lowest BCUT2D eigenvalue weighted by Gasteiger charge is -2.26. The number of para-hydroxylation sites is 3. The molecule has 7 aromatic carbocycles. The van der Waals surface area contributed by atoms with Gasteiger partial charge in [0, 0.05) is 27.6 Å². The zero-order chi connectivity index (χ0) is 38.9. The van der Waals surface area contributed by atoms with Crippen molar-refractivity contribution in [1.29, 1.82) is 0 Å². The highest BCUT2D eigenvalue weighted by Gasteiger charge is 2.40. The lowest BCUT2D eigenvalue weighted by molar-refractivity contribution is 0.265. The van der Waals surface area contributed by atoms with E-state index < -0.39 is 0 Å². The lowest BCUT2D eigenvalue weighted by atomic mass is 9.79. The Bertz CT molecular complexity index is 3140. The van der Waals surface area contributed by atoms with Gasteiger partial charge in [0.15, 0.2) is 0 Å². The quantitative estimate of drug-likeness (QED) is 0.169. The molecule has 0 amide bonds. The van der Waals surface area contributed by atoms with Crippen molar-refractivity contribution >= 4 is 38.5 Å². The highest BCUT2D eigenvalue weighted by atomic mass is 16.5. The minimum atomic E-state index is -0.0902. The van der Waals surface area contributed by atoms with Crippen molar-refractivity contribution in [3.8, 4) is 45.1 Å². The second-order valence-corrected chi connectivity index (χ2v) is 15.8. The molecule has 4 heteroatoms. The van der Waals surface area contributed by atoms with E-state index in [1.165, 1.54) is 66.5 Å². The van der Waals surface area contributed by atoms with E-state index in [0.29, 0.717) is 0 Å². The van der Waals surface area contributed by atoms with Crippen molar-refractivity contribution in [3.05, 3.63) is 217 Å². The molecule has 2 aliphatic carbocycles. The number of nitrogens with zero attached hydrogens (tertiary/aromatic N) is 3. The van der Waals surface area contributed by atoms with Crippen LogP contribution in [-0.2, 0) is 0 Å². The van der Waals surface area contributed by atoms with Crippen LogP contribution in [-0.4, -0.2) is 20.2 Å². The number of rotatable bonds is 6. The van der Waals surface area contributed by atoms with Crippen LogP contribution in [0.25, 0.3) is 77.9 Å². The minimum absolute atomic E-state index is 0.0902. The van der Waals surface area contributed by atoms with Crippen LogP contribution in [0.15, 0.2) is 211 Å². The Morgan fingerprint density at radius 3 is 1.81 bits per heavy atom. The summed E-state index contributed by atoms with van der Waals surface area (Å²) >= 11 is 0. The first kappa shape index (κ1) is 33.7. The first-order valence-corrected chi connectivity index (χ1v) is 20.6. The summed E-state index contributed by atoms with van der Waals surface area (Å²) in [6, 6.07) is 60.9. The van der Waals surface area contributed by atoms with E-state index in [-0.39, 0.29) is 12.0 Å². The Hall–Kier alpha value is -7.43. The fraction of sp³-hybridized carbons (Fsp3) is 0.0727. The van der Waals surface area contributed by atoms with Crippen LogP contribution in [0.5, 0.6) is 5.75 Å². The number of imidazole rings is 1. The topological polar surface area (TPSA) is 32.0 Å². The predicted octanol–water partition coefficient (Wildman–Crippen LogP) is 13.7. The number of hydrogen-bond acceptors (Lipinski definition) is 2. The molecule has 0 radical (unpaired) electrons. The maximum atomic E-state index is 7.10. The Morgan fingerprint density at radius 1 is 0.508 bits per heavy atom. The first-order valence-electron chi connectivity index (χ1n) is 20.6. The van der Waals surface area contributed by atoms with Crippen molar-refractivity contribution in [2.45, 2.75) is 24.9 Å². The zero-order valence-corrected chi connectivity index (χ0v) is 32.4. The summed E-state index contributed by atoms with van der Waals surface area (Å²) < 4.78 is 11.9. The molecular formula is C55H39N3O. The van der Waals surface area contributed by atoms with E-state index in [2.05, 4.69) is 209 Å². The molecule has 3 aliphatic rings. The van der Waals surface area contributed by atoms with Gasteiger partial charge in [-0.2, -0.15) is 0 Å². The monoisotopic (exact) mass is 757 g/mol. The van der Waals surface area contributed by atoms with E-state index in [9.17, 15) is 0 Å². The molecule has 0 fully saturated rings. The van der Waals surface area contributed by atoms with Crippen LogP contribution in [0.3, 0.4) is 0 Å². The summed E-state index contributed by atoms with van der Waals surface area (Å²) in [5, 5.41) is 2.45. The molecule has 0 N–H and O–H groups in total. The maximum Gasteiger partial charge on any atom is 0.148 e. The van der Waals surface area contributed by atoms with E-state index in [4.69, 9.17) is 9.72 Å². The van der Waals surface area contributed by atoms with Gasteiger partial charge in [0.05, 0.1) is 33.7 Å². The third-order valence-corrected chi connectivity index (χ3v) is 12.5. The minimum Gasteiger partial charge on any atom is -0.483 e. The molecular weight excluding hydrogens is 719 g/mol. The summed E-state index contributed by atoms with van der Waals surface area (Å²) in [6.07, 6.45) is 13.2. The van der Waals surface area contributed by atoms with Gasteiger partial charge in [0.1, 0.15) is 17.7 Å². The SMILES string of the molecule is C1=CC2Oc3c(cccc3-n3c4cc(-c5ccccc5)ccc4c4ccc(-c5ccccc5)cc43)C2C(C2=CC=C(n3c(-c4ccccc4)nc4ccccc43)CC2)=C1.